The highest BCUT2D eigenvalue weighted by molar-refractivity contribution is 6.09. The van der Waals surface area contributed by atoms with Crippen LogP contribution >= 0.6 is 0 Å². The van der Waals surface area contributed by atoms with Gasteiger partial charge in [0.05, 0.1) is 23.7 Å². The van der Waals surface area contributed by atoms with Gasteiger partial charge in [0, 0.05) is 0 Å². The number of hydrogen-bond acceptors (Lipinski definition) is 4. The van der Waals surface area contributed by atoms with Crippen molar-refractivity contribution in [2.45, 2.75) is 12.8 Å². The van der Waals surface area contributed by atoms with Gasteiger partial charge in [-0.15, -0.1) is 0 Å². The standard InChI is InChI=1S/C10H10N2O4/c13-7-3-1-4-6(10(16)12-8(4)14)2-5(3)9(15)11-7/h3-6H,1-2H2,(H,11,13,15)(H,12,14,16)/t3-,4+,5+,6-. The van der Waals surface area contributed by atoms with E-state index in [-0.39, 0.29) is 23.6 Å². The number of hydrogen-bond donors (Lipinski definition) is 2. The average molecular weight is 222 g/mol. The van der Waals surface area contributed by atoms with Gasteiger partial charge in [0.2, 0.25) is 23.6 Å². The van der Waals surface area contributed by atoms with Crippen molar-refractivity contribution in [3.8, 4) is 0 Å². The van der Waals surface area contributed by atoms with E-state index in [9.17, 15) is 19.2 Å². The van der Waals surface area contributed by atoms with Gasteiger partial charge in [-0.05, 0) is 12.8 Å². The van der Waals surface area contributed by atoms with Crippen LogP contribution in [0.15, 0.2) is 0 Å². The Morgan fingerprint density at radius 1 is 0.625 bits per heavy atom. The second-order valence-electron chi connectivity index (χ2n) is 4.60. The first-order chi connectivity index (χ1) is 7.58. The third-order valence-electron chi connectivity index (χ3n) is 3.83. The van der Waals surface area contributed by atoms with Gasteiger partial charge in [-0.25, -0.2) is 0 Å². The van der Waals surface area contributed by atoms with Crippen molar-refractivity contribution < 1.29 is 19.2 Å². The fourth-order valence-corrected chi connectivity index (χ4v) is 2.98. The quantitative estimate of drug-likeness (QED) is 0.491. The second kappa shape index (κ2) is 2.90. The minimum absolute atomic E-state index is 0.305. The summed E-state index contributed by atoms with van der Waals surface area (Å²) in [5, 5.41) is 4.51. The molecule has 0 aromatic rings. The molecule has 0 bridgehead atoms. The number of imide groups is 2. The molecular weight excluding hydrogens is 212 g/mol. The zero-order valence-corrected chi connectivity index (χ0v) is 8.36. The highest BCUT2D eigenvalue weighted by Gasteiger charge is 2.54. The zero-order chi connectivity index (χ0) is 11.4. The second-order valence-corrected chi connectivity index (χ2v) is 4.60. The molecule has 0 spiro atoms. The molecule has 84 valence electrons. The van der Waals surface area contributed by atoms with E-state index in [1.54, 1.807) is 0 Å². The summed E-state index contributed by atoms with van der Waals surface area (Å²) in [5.74, 6) is -2.92. The Morgan fingerprint density at radius 3 is 1.12 bits per heavy atom. The number of amides is 4. The highest BCUT2D eigenvalue weighted by atomic mass is 16.2. The molecular formula is C10H10N2O4. The summed E-state index contributed by atoms with van der Waals surface area (Å²) >= 11 is 0. The van der Waals surface area contributed by atoms with Gasteiger partial charge in [-0.2, -0.15) is 0 Å². The van der Waals surface area contributed by atoms with Crippen molar-refractivity contribution in [3.63, 3.8) is 0 Å². The molecule has 6 nitrogen and oxygen atoms in total. The maximum Gasteiger partial charge on any atom is 0.230 e. The molecule has 4 amide bonds. The summed E-state index contributed by atoms with van der Waals surface area (Å²) in [6.07, 6.45) is 0.620. The molecule has 6 heteroatoms. The molecule has 2 aliphatic heterocycles. The van der Waals surface area contributed by atoms with Crippen molar-refractivity contribution in [3.05, 3.63) is 0 Å². The number of rotatable bonds is 0. The summed E-state index contributed by atoms with van der Waals surface area (Å²) in [6.45, 7) is 0. The molecule has 3 aliphatic rings. The molecule has 0 aromatic carbocycles. The van der Waals surface area contributed by atoms with E-state index in [4.69, 9.17) is 0 Å². The first-order valence-corrected chi connectivity index (χ1v) is 5.27. The third kappa shape index (κ3) is 1.07. The van der Waals surface area contributed by atoms with Crippen LogP contribution in [0.5, 0.6) is 0 Å². The van der Waals surface area contributed by atoms with Crippen LogP contribution in [0.4, 0.5) is 0 Å². The molecule has 0 unspecified atom stereocenters. The van der Waals surface area contributed by atoms with Gasteiger partial charge >= 0.3 is 0 Å². The lowest BCUT2D eigenvalue weighted by atomic mass is 9.70. The van der Waals surface area contributed by atoms with Crippen molar-refractivity contribution in [2.24, 2.45) is 23.7 Å². The molecule has 0 radical (unpaired) electrons. The summed E-state index contributed by atoms with van der Waals surface area (Å²) in [5.41, 5.74) is 0. The Morgan fingerprint density at radius 2 is 0.875 bits per heavy atom. The molecule has 0 aromatic heterocycles. The fourth-order valence-electron chi connectivity index (χ4n) is 2.98. The van der Waals surface area contributed by atoms with Crippen molar-refractivity contribution in [1.29, 1.82) is 0 Å². The van der Waals surface area contributed by atoms with Crippen molar-refractivity contribution in [1.82, 2.24) is 10.6 Å². The summed E-state index contributed by atoms with van der Waals surface area (Å²) < 4.78 is 0. The molecule has 2 N–H and O–H groups in total. The SMILES string of the molecule is O=C1NC(=O)[C@@H]2C[C@@H]3C(=O)NC(=O)[C@@H]3C[C@H]12. The van der Waals surface area contributed by atoms with E-state index in [1.165, 1.54) is 0 Å². The van der Waals surface area contributed by atoms with E-state index in [1.807, 2.05) is 0 Å². The number of fused-ring (bicyclic) bond motifs is 2. The molecule has 1 aliphatic carbocycles. The lowest BCUT2D eigenvalue weighted by molar-refractivity contribution is -0.129. The molecule has 3 rings (SSSR count). The predicted molar refractivity (Wildman–Crippen MR) is 49.5 cm³/mol. The monoisotopic (exact) mass is 222 g/mol. The van der Waals surface area contributed by atoms with Gasteiger partial charge in [0.25, 0.3) is 0 Å². The normalized spacial score (nSPS) is 41.5. The lowest BCUT2D eigenvalue weighted by Gasteiger charge is -2.28. The van der Waals surface area contributed by atoms with Gasteiger partial charge < -0.3 is 0 Å². The number of carbonyl (C=O) groups excluding carboxylic acids is 4. The first-order valence-electron chi connectivity index (χ1n) is 5.27. The zero-order valence-electron chi connectivity index (χ0n) is 8.36. The largest absolute Gasteiger partial charge is 0.296 e. The van der Waals surface area contributed by atoms with Crippen molar-refractivity contribution in [2.75, 3.05) is 0 Å². The highest BCUT2D eigenvalue weighted by Crippen LogP contribution is 2.43. The minimum atomic E-state index is -0.426. The third-order valence-corrected chi connectivity index (χ3v) is 3.83. The number of nitrogens with one attached hydrogen (secondary N) is 2. The lowest BCUT2D eigenvalue weighted by Crippen LogP contribution is -2.35. The van der Waals surface area contributed by atoms with Crippen LogP contribution in [0, 0.1) is 23.7 Å². The predicted octanol–water partition coefficient (Wildman–Crippen LogP) is -1.44. The van der Waals surface area contributed by atoms with Crippen LogP contribution in [0.25, 0.3) is 0 Å². The van der Waals surface area contributed by atoms with Crippen LogP contribution in [0.3, 0.4) is 0 Å². The van der Waals surface area contributed by atoms with E-state index in [0.717, 1.165) is 0 Å². The van der Waals surface area contributed by atoms with Crippen LogP contribution in [0.1, 0.15) is 12.8 Å². The summed E-state index contributed by atoms with van der Waals surface area (Å²) in [6, 6.07) is 0. The Labute approximate surface area is 90.8 Å². The van der Waals surface area contributed by atoms with Crippen LogP contribution in [0.2, 0.25) is 0 Å². The maximum absolute atomic E-state index is 11.4. The average Bonchev–Trinajstić information content (AvgIpc) is 2.67. The first kappa shape index (κ1) is 9.50. The minimum Gasteiger partial charge on any atom is -0.296 e. The number of carbonyl (C=O) groups is 4. The van der Waals surface area contributed by atoms with Crippen molar-refractivity contribution >= 4 is 23.6 Å². The maximum atomic E-state index is 11.4. The van der Waals surface area contributed by atoms with E-state index >= 15 is 0 Å². The van der Waals surface area contributed by atoms with E-state index < -0.39 is 23.7 Å². The van der Waals surface area contributed by atoms with E-state index in [0.29, 0.717) is 12.8 Å². The van der Waals surface area contributed by atoms with Gasteiger partial charge in [-0.1, -0.05) is 0 Å². The smallest absolute Gasteiger partial charge is 0.230 e. The van der Waals surface area contributed by atoms with Gasteiger partial charge in [-0.3, -0.25) is 29.8 Å². The summed E-state index contributed by atoms with van der Waals surface area (Å²) in [4.78, 5) is 45.8. The van der Waals surface area contributed by atoms with Gasteiger partial charge in [0.15, 0.2) is 0 Å². The Kier molecular flexibility index (Phi) is 1.72. The topological polar surface area (TPSA) is 92.3 Å². The van der Waals surface area contributed by atoms with Gasteiger partial charge in [0.1, 0.15) is 0 Å². The van der Waals surface area contributed by atoms with Crippen LogP contribution in [-0.2, 0) is 19.2 Å². The molecule has 4 atom stereocenters. The molecule has 3 fully saturated rings. The Bertz CT molecular complexity index is 355. The van der Waals surface area contributed by atoms with Crippen LogP contribution < -0.4 is 10.6 Å². The molecule has 16 heavy (non-hydrogen) atoms. The Balaban J connectivity index is 1.92. The molecule has 2 heterocycles. The Hall–Kier alpha value is -1.72. The fraction of sp³-hybridized carbons (Fsp3) is 0.600. The summed E-state index contributed by atoms with van der Waals surface area (Å²) in [7, 11) is 0. The van der Waals surface area contributed by atoms with E-state index in [2.05, 4.69) is 10.6 Å². The molecule has 1 saturated carbocycles. The van der Waals surface area contributed by atoms with Crippen LogP contribution in [-0.4, -0.2) is 23.6 Å². The molecule has 2 saturated heterocycles.